The molecule has 8 heteroatoms. The summed E-state index contributed by atoms with van der Waals surface area (Å²) in [6, 6.07) is 7.70. The molecule has 0 radical (unpaired) electrons. The highest BCUT2D eigenvalue weighted by atomic mass is 19.1. The number of carbonyl (C=O) groups excluding carboxylic acids is 1. The molecule has 0 saturated carbocycles. The number of hydrogen-bond acceptors (Lipinski definition) is 4. The van der Waals surface area contributed by atoms with Gasteiger partial charge in [0.1, 0.15) is 11.6 Å². The molecular weight excluding hydrogens is 348 g/mol. The summed E-state index contributed by atoms with van der Waals surface area (Å²) in [5.74, 6) is -3.03. The van der Waals surface area contributed by atoms with Crippen LogP contribution < -0.4 is 4.74 Å². The van der Waals surface area contributed by atoms with E-state index in [-0.39, 0.29) is 36.8 Å². The van der Waals surface area contributed by atoms with Crippen LogP contribution in [0.1, 0.15) is 10.4 Å². The standard InChI is InChI=1S/C18H15F2NO5/c19-12-3-6-16(14(20)9-12)26-13-4-1-11(2-5-13)17(22)21-7-8-25-10-15(21)18(23)24/h1-6,9,15H,7-8,10H2,(H,23,24)/t15-/m0/s1. The summed E-state index contributed by atoms with van der Waals surface area (Å²) in [5.41, 5.74) is 0.269. The predicted molar refractivity (Wildman–Crippen MR) is 86.2 cm³/mol. The zero-order valence-electron chi connectivity index (χ0n) is 13.5. The Morgan fingerprint density at radius 1 is 1.15 bits per heavy atom. The quantitative estimate of drug-likeness (QED) is 0.904. The molecule has 1 N–H and O–H groups in total. The fraction of sp³-hybridized carbons (Fsp3) is 0.222. The molecule has 136 valence electrons. The van der Waals surface area contributed by atoms with Gasteiger partial charge in [-0.2, -0.15) is 0 Å². The zero-order chi connectivity index (χ0) is 18.7. The number of carbonyl (C=O) groups is 2. The summed E-state index contributed by atoms with van der Waals surface area (Å²) < 4.78 is 36.9. The monoisotopic (exact) mass is 363 g/mol. The van der Waals surface area contributed by atoms with Gasteiger partial charge in [-0.25, -0.2) is 13.6 Å². The molecule has 6 nitrogen and oxygen atoms in total. The van der Waals surface area contributed by atoms with Crippen molar-refractivity contribution in [3.8, 4) is 11.5 Å². The van der Waals surface area contributed by atoms with Gasteiger partial charge in [0, 0.05) is 18.2 Å². The average Bonchev–Trinajstić information content (AvgIpc) is 2.64. The van der Waals surface area contributed by atoms with Crippen LogP contribution in [-0.4, -0.2) is 47.7 Å². The first kappa shape index (κ1) is 17.8. The molecule has 1 saturated heterocycles. The number of aliphatic carboxylic acids is 1. The second-order valence-corrected chi connectivity index (χ2v) is 5.63. The number of hydrogen-bond donors (Lipinski definition) is 1. The molecule has 0 bridgehead atoms. The molecule has 0 spiro atoms. The zero-order valence-corrected chi connectivity index (χ0v) is 13.5. The molecular formula is C18H15F2NO5. The highest BCUT2D eigenvalue weighted by Gasteiger charge is 2.33. The number of benzene rings is 2. The largest absolute Gasteiger partial charge is 0.480 e. The third-order valence-electron chi connectivity index (χ3n) is 3.90. The number of ether oxygens (including phenoxy) is 2. The third-order valence-corrected chi connectivity index (χ3v) is 3.90. The van der Waals surface area contributed by atoms with Gasteiger partial charge in [-0.15, -0.1) is 0 Å². The number of nitrogens with zero attached hydrogens (tertiary/aromatic N) is 1. The number of halogens is 2. The first-order valence-corrected chi connectivity index (χ1v) is 7.80. The molecule has 1 amide bonds. The molecule has 26 heavy (non-hydrogen) atoms. The second-order valence-electron chi connectivity index (χ2n) is 5.63. The van der Waals surface area contributed by atoms with E-state index in [2.05, 4.69) is 0 Å². The highest BCUT2D eigenvalue weighted by Crippen LogP contribution is 2.25. The fourth-order valence-electron chi connectivity index (χ4n) is 2.57. The third kappa shape index (κ3) is 3.80. The van der Waals surface area contributed by atoms with Crippen LogP contribution >= 0.6 is 0 Å². The van der Waals surface area contributed by atoms with Gasteiger partial charge in [-0.05, 0) is 36.4 Å². The fourth-order valence-corrected chi connectivity index (χ4v) is 2.57. The summed E-state index contributed by atoms with van der Waals surface area (Å²) in [7, 11) is 0. The SMILES string of the molecule is O=C(O)[C@@H]1COCCN1C(=O)c1ccc(Oc2ccc(F)cc2F)cc1. The molecule has 1 heterocycles. The van der Waals surface area contributed by atoms with E-state index in [4.69, 9.17) is 9.47 Å². The Labute approximate surface area is 147 Å². The Morgan fingerprint density at radius 3 is 2.54 bits per heavy atom. The summed E-state index contributed by atoms with van der Waals surface area (Å²) >= 11 is 0. The van der Waals surface area contributed by atoms with Crippen LogP contribution in [0.4, 0.5) is 8.78 Å². The van der Waals surface area contributed by atoms with E-state index in [1.165, 1.54) is 29.2 Å². The van der Waals surface area contributed by atoms with Crippen molar-refractivity contribution >= 4 is 11.9 Å². The Kier molecular flexibility index (Phi) is 5.13. The van der Waals surface area contributed by atoms with E-state index in [1.54, 1.807) is 0 Å². The minimum Gasteiger partial charge on any atom is -0.480 e. The molecule has 0 unspecified atom stereocenters. The van der Waals surface area contributed by atoms with Crippen molar-refractivity contribution in [2.45, 2.75) is 6.04 Å². The van der Waals surface area contributed by atoms with Crippen LogP contribution in [0.25, 0.3) is 0 Å². The van der Waals surface area contributed by atoms with Crippen LogP contribution in [-0.2, 0) is 9.53 Å². The van der Waals surface area contributed by atoms with Gasteiger partial charge in [0.15, 0.2) is 17.6 Å². The lowest BCUT2D eigenvalue weighted by Crippen LogP contribution is -2.52. The maximum Gasteiger partial charge on any atom is 0.328 e. The lowest BCUT2D eigenvalue weighted by Gasteiger charge is -2.32. The van der Waals surface area contributed by atoms with Crippen molar-refractivity contribution < 1.29 is 33.0 Å². The lowest BCUT2D eigenvalue weighted by atomic mass is 10.1. The van der Waals surface area contributed by atoms with Gasteiger partial charge < -0.3 is 19.5 Å². The Hall–Kier alpha value is -3.00. The van der Waals surface area contributed by atoms with Gasteiger partial charge in [-0.1, -0.05) is 0 Å². The van der Waals surface area contributed by atoms with Gasteiger partial charge in [0.2, 0.25) is 0 Å². The van der Waals surface area contributed by atoms with Crippen LogP contribution in [0.5, 0.6) is 11.5 Å². The van der Waals surface area contributed by atoms with Gasteiger partial charge in [0.05, 0.1) is 13.2 Å². The Bertz CT molecular complexity index is 825. The van der Waals surface area contributed by atoms with Crippen molar-refractivity contribution in [2.24, 2.45) is 0 Å². The van der Waals surface area contributed by atoms with Crippen LogP contribution in [0.15, 0.2) is 42.5 Å². The van der Waals surface area contributed by atoms with Gasteiger partial charge in [-0.3, -0.25) is 4.79 Å². The smallest absolute Gasteiger partial charge is 0.328 e. The average molecular weight is 363 g/mol. The minimum absolute atomic E-state index is 0.0634. The molecule has 2 aromatic rings. The molecule has 0 aromatic heterocycles. The maximum absolute atomic E-state index is 13.6. The van der Waals surface area contributed by atoms with Crippen LogP contribution in [0.2, 0.25) is 0 Å². The first-order chi connectivity index (χ1) is 12.5. The van der Waals surface area contributed by atoms with Crippen molar-refractivity contribution in [1.29, 1.82) is 0 Å². The van der Waals surface area contributed by atoms with E-state index in [1.807, 2.05) is 0 Å². The number of carboxylic acid groups (broad SMARTS) is 1. The minimum atomic E-state index is -1.13. The van der Waals surface area contributed by atoms with Crippen LogP contribution in [0, 0.1) is 11.6 Å². The topological polar surface area (TPSA) is 76.1 Å². The predicted octanol–water partition coefficient (Wildman–Crippen LogP) is 2.68. The van der Waals surface area contributed by atoms with E-state index in [0.717, 1.165) is 12.1 Å². The van der Waals surface area contributed by atoms with Crippen molar-refractivity contribution in [3.63, 3.8) is 0 Å². The van der Waals surface area contributed by atoms with Crippen molar-refractivity contribution in [3.05, 3.63) is 59.7 Å². The summed E-state index contributed by atoms with van der Waals surface area (Å²) in [5, 5.41) is 9.20. The molecule has 1 fully saturated rings. The van der Waals surface area contributed by atoms with E-state index < -0.39 is 29.6 Å². The summed E-state index contributed by atoms with van der Waals surface area (Å²) in [6.07, 6.45) is 0. The van der Waals surface area contributed by atoms with Crippen molar-refractivity contribution in [1.82, 2.24) is 4.90 Å². The molecule has 1 aliphatic heterocycles. The second kappa shape index (κ2) is 7.49. The number of carboxylic acids is 1. The van der Waals surface area contributed by atoms with Gasteiger partial charge >= 0.3 is 5.97 Å². The lowest BCUT2D eigenvalue weighted by molar-refractivity contribution is -0.147. The number of amides is 1. The van der Waals surface area contributed by atoms with Gasteiger partial charge in [0.25, 0.3) is 5.91 Å². The molecule has 1 atom stereocenters. The normalized spacial score (nSPS) is 17.0. The number of rotatable bonds is 4. The summed E-state index contributed by atoms with van der Waals surface area (Å²) in [6.45, 7) is 0.377. The van der Waals surface area contributed by atoms with E-state index in [9.17, 15) is 23.5 Å². The summed E-state index contributed by atoms with van der Waals surface area (Å²) in [4.78, 5) is 25.0. The maximum atomic E-state index is 13.6. The molecule has 0 aliphatic carbocycles. The highest BCUT2D eigenvalue weighted by molar-refractivity contribution is 5.96. The molecule has 2 aromatic carbocycles. The Balaban J connectivity index is 1.74. The van der Waals surface area contributed by atoms with E-state index >= 15 is 0 Å². The molecule has 3 rings (SSSR count). The molecule has 1 aliphatic rings. The first-order valence-electron chi connectivity index (χ1n) is 7.80. The van der Waals surface area contributed by atoms with Crippen molar-refractivity contribution in [2.75, 3.05) is 19.8 Å². The van der Waals surface area contributed by atoms with E-state index in [0.29, 0.717) is 6.07 Å². The Morgan fingerprint density at radius 2 is 1.88 bits per heavy atom. The number of morpholine rings is 1. The van der Waals surface area contributed by atoms with Crippen LogP contribution in [0.3, 0.4) is 0 Å².